The highest BCUT2D eigenvalue weighted by Crippen LogP contribution is 2.15. The molecule has 0 atom stereocenters. The van der Waals surface area contributed by atoms with Gasteiger partial charge in [0.1, 0.15) is 6.54 Å². The van der Waals surface area contributed by atoms with Gasteiger partial charge in [0, 0.05) is 13.2 Å². The van der Waals surface area contributed by atoms with E-state index in [0.717, 1.165) is 11.0 Å². The van der Waals surface area contributed by atoms with Crippen LogP contribution in [0.1, 0.15) is 0 Å². The summed E-state index contributed by atoms with van der Waals surface area (Å²) in [6, 6.07) is 1.78. The minimum Gasteiger partial charge on any atom is -0.480 e. The van der Waals surface area contributed by atoms with Gasteiger partial charge in [-0.1, -0.05) is 0 Å². The first kappa shape index (κ1) is 9.45. The number of pyridine rings is 1. The van der Waals surface area contributed by atoms with Crippen LogP contribution in [0.4, 0.5) is 5.95 Å². The zero-order chi connectivity index (χ0) is 10.8. The molecule has 0 bridgehead atoms. The minimum absolute atomic E-state index is 0.148. The van der Waals surface area contributed by atoms with Crippen LogP contribution >= 0.6 is 0 Å². The van der Waals surface area contributed by atoms with Gasteiger partial charge in [0.25, 0.3) is 0 Å². The Labute approximate surface area is 85.6 Å². The molecule has 0 radical (unpaired) electrons. The number of hydrogen-bond acceptors (Lipinski definition) is 4. The van der Waals surface area contributed by atoms with E-state index in [1.165, 1.54) is 0 Å². The molecule has 2 heterocycles. The molecule has 6 heteroatoms. The quantitative estimate of drug-likeness (QED) is 0.762. The van der Waals surface area contributed by atoms with Crippen LogP contribution in [0, 0.1) is 0 Å². The van der Waals surface area contributed by atoms with Crippen LogP contribution in [0.3, 0.4) is 0 Å². The smallest absolute Gasteiger partial charge is 0.322 e. The average Bonchev–Trinajstić information content (AvgIpc) is 2.54. The van der Waals surface area contributed by atoms with Crippen LogP contribution in [-0.2, 0) is 11.8 Å². The highest BCUT2D eigenvalue weighted by atomic mass is 16.4. The molecule has 0 unspecified atom stereocenters. The first-order chi connectivity index (χ1) is 7.18. The Balaban J connectivity index is 2.36. The van der Waals surface area contributed by atoms with Crippen molar-refractivity contribution in [2.75, 3.05) is 11.9 Å². The lowest BCUT2D eigenvalue weighted by molar-refractivity contribution is -0.134. The van der Waals surface area contributed by atoms with Crippen molar-refractivity contribution >= 4 is 23.0 Å². The zero-order valence-electron chi connectivity index (χ0n) is 8.14. The first-order valence-electron chi connectivity index (χ1n) is 4.40. The van der Waals surface area contributed by atoms with Gasteiger partial charge in [-0.3, -0.25) is 9.78 Å². The van der Waals surface area contributed by atoms with E-state index in [-0.39, 0.29) is 6.54 Å². The Bertz CT molecular complexity index is 506. The van der Waals surface area contributed by atoms with E-state index in [1.807, 2.05) is 0 Å². The van der Waals surface area contributed by atoms with E-state index in [0.29, 0.717) is 5.95 Å². The largest absolute Gasteiger partial charge is 0.480 e. The highest BCUT2D eigenvalue weighted by Gasteiger charge is 2.07. The molecule has 2 aromatic heterocycles. The molecule has 0 fully saturated rings. The number of imidazole rings is 1. The predicted molar refractivity (Wildman–Crippen MR) is 54.6 cm³/mol. The first-order valence-corrected chi connectivity index (χ1v) is 4.40. The van der Waals surface area contributed by atoms with E-state index >= 15 is 0 Å². The van der Waals surface area contributed by atoms with Crippen molar-refractivity contribution < 1.29 is 9.90 Å². The van der Waals surface area contributed by atoms with Crippen molar-refractivity contribution in [3.05, 3.63) is 18.5 Å². The molecule has 78 valence electrons. The fraction of sp³-hybridized carbons (Fsp3) is 0.222. The summed E-state index contributed by atoms with van der Waals surface area (Å²) in [7, 11) is 1.81. The second-order valence-corrected chi connectivity index (χ2v) is 3.11. The molecule has 2 rings (SSSR count). The minimum atomic E-state index is -0.916. The van der Waals surface area contributed by atoms with Crippen molar-refractivity contribution in [2.24, 2.45) is 7.05 Å². The fourth-order valence-electron chi connectivity index (χ4n) is 1.35. The summed E-state index contributed by atoms with van der Waals surface area (Å²) in [5, 5.41) is 11.3. The van der Waals surface area contributed by atoms with E-state index in [1.54, 1.807) is 30.1 Å². The number of nitrogens with one attached hydrogen (secondary N) is 1. The molecule has 2 N–H and O–H groups in total. The molecule has 0 aromatic carbocycles. The third-order valence-electron chi connectivity index (χ3n) is 2.08. The second-order valence-electron chi connectivity index (χ2n) is 3.11. The van der Waals surface area contributed by atoms with E-state index in [9.17, 15) is 4.79 Å². The summed E-state index contributed by atoms with van der Waals surface area (Å²) in [6.45, 7) is -0.148. The summed E-state index contributed by atoms with van der Waals surface area (Å²) in [4.78, 5) is 18.6. The maximum absolute atomic E-state index is 10.4. The highest BCUT2D eigenvalue weighted by molar-refractivity contribution is 5.78. The van der Waals surface area contributed by atoms with Gasteiger partial charge in [-0.2, -0.15) is 0 Å². The van der Waals surface area contributed by atoms with E-state index in [4.69, 9.17) is 5.11 Å². The van der Waals surface area contributed by atoms with Crippen molar-refractivity contribution in [2.45, 2.75) is 0 Å². The maximum Gasteiger partial charge on any atom is 0.322 e. The molecule has 0 aliphatic carbocycles. The summed E-state index contributed by atoms with van der Waals surface area (Å²) in [6.07, 6.45) is 3.34. The van der Waals surface area contributed by atoms with Gasteiger partial charge in [0.05, 0.1) is 17.2 Å². The lowest BCUT2D eigenvalue weighted by Crippen LogP contribution is -2.14. The van der Waals surface area contributed by atoms with Gasteiger partial charge in [-0.15, -0.1) is 0 Å². The predicted octanol–water partition coefficient (Wildman–Crippen LogP) is 0.465. The Morgan fingerprint density at radius 1 is 1.67 bits per heavy atom. The Kier molecular flexibility index (Phi) is 2.24. The standard InChI is InChI=1S/C9H10N4O2/c1-13-7-4-10-3-2-6(7)12-9(13)11-5-8(14)15/h2-4H,5H2,1H3,(H,11,12)(H,14,15). The van der Waals surface area contributed by atoms with Gasteiger partial charge in [0.2, 0.25) is 5.95 Å². The van der Waals surface area contributed by atoms with Crippen LogP contribution in [-0.4, -0.2) is 32.2 Å². The van der Waals surface area contributed by atoms with Crippen LogP contribution in [0.5, 0.6) is 0 Å². The average molecular weight is 206 g/mol. The molecule has 0 aliphatic rings. The maximum atomic E-state index is 10.4. The van der Waals surface area contributed by atoms with Crippen LogP contribution in [0.25, 0.3) is 11.0 Å². The third kappa shape index (κ3) is 1.74. The molecular weight excluding hydrogens is 196 g/mol. The third-order valence-corrected chi connectivity index (χ3v) is 2.08. The van der Waals surface area contributed by atoms with E-state index < -0.39 is 5.97 Å². The van der Waals surface area contributed by atoms with E-state index in [2.05, 4.69) is 15.3 Å². The summed E-state index contributed by atoms with van der Waals surface area (Å²) in [5.41, 5.74) is 1.66. The number of nitrogens with zero attached hydrogens (tertiary/aromatic N) is 3. The topological polar surface area (TPSA) is 80.0 Å². The number of aryl methyl sites for hydroxylation is 1. The number of hydrogen-bond donors (Lipinski definition) is 2. The summed E-state index contributed by atoms with van der Waals surface area (Å²) in [5.74, 6) is -0.388. The number of anilines is 1. The fourth-order valence-corrected chi connectivity index (χ4v) is 1.35. The lowest BCUT2D eigenvalue weighted by atomic mass is 10.4. The monoisotopic (exact) mass is 206 g/mol. The lowest BCUT2D eigenvalue weighted by Gasteiger charge is -2.02. The van der Waals surface area contributed by atoms with Crippen molar-refractivity contribution in [1.82, 2.24) is 14.5 Å². The molecule has 0 saturated heterocycles. The van der Waals surface area contributed by atoms with Crippen molar-refractivity contribution in [3.63, 3.8) is 0 Å². The van der Waals surface area contributed by atoms with Gasteiger partial charge in [0.15, 0.2) is 0 Å². The van der Waals surface area contributed by atoms with Crippen molar-refractivity contribution in [3.8, 4) is 0 Å². The molecule has 6 nitrogen and oxygen atoms in total. The normalized spacial score (nSPS) is 10.5. The molecule has 0 spiro atoms. The molecule has 15 heavy (non-hydrogen) atoms. The number of carboxylic acid groups (broad SMARTS) is 1. The van der Waals surface area contributed by atoms with Gasteiger partial charge >= 0.3 is 5.97 Å². The van der Waals surface area contributed by atoms with Gasteiger partial charge in [-0.25, -0.2) is 4.98 Å². The van der Waals surface area contributed by atoms with Crippen LogP contribution in [0.2, 0.25) is 0 Å². The van der Waals surface area contributed by atoms with Crippen LogP contribution < -0.4 is 5.32 Å². The SMILES string of the molecule is Cn1c(NCC(=O)O)nc2ccncc21. The zero-order valence-corrected chi connectivity index (χ0v) is 8.14. The molecule has 0 amide bonds. The van der Waals surface area contributed by atoms with Gasteiger partial charge < -0.3 is 15.0 Å². The Morgan fingerprint density at radius 3 is 3.13 bits per heavy atom. The number of carboxylic acids is 1. The summed E-state index contributed by atoms with van der Waals surface area (Å²) < 4.78 is 1.77. The number of carbonyl (C=O) groups is 1. The Morgan fingerprint density at radius 2 is 2.47 bits per heavy atom. The number of aliphatic carboxylic acids is 1. The molecule has 0 saturated carbocycles. The molecule has 0 aliphatic heterocycles. The molecular formula is C9H10N4O2. The molecule has 2 aromatic rings. The second kappa shape index (κ2) is 3.56. The van der Waals surface area contributed by atoms with Crippen LogP contribution in [0.15, 0.2) is 18.5 Å². The van der Waals surface area contributed by atoms with Gasteiger partial charge in [-0.05, 0) is 6.07 Å². The van der Waals surface area contributed by atoms with Crippen molar-refractivity contribution in [1.29, 1.82) is 0 Å². The Hall–Kier alpha value is -2.11. The number of rotatable bonds is 3. The summed E-state index contributed by atoms with van der Waals surface area (Å²) >= 11 is 0. The number of fused-ring (bicyclic) bond motifs is 1. The number of aromatic nitrogens is 3.